The first-order valence-corrected chi connectivity index (χ1v) is 7.81. The summed E-state index contributed by atoms with van der Waals surface area (Å²) in [6.07, 6.45) is 2.42. The van der Waals surface area contributed by atoms with Crippen LogP contribution in [0.25, 0.3) is 16.2 Å². The number of halogens is 2. The lowest BCUT2D eigenvalue weighted by Gasteiger charge is -2.01. The van der Waals surface area contributed by atoms with E-state index in [0.29, 0.717) is 16.5 Å². The number of fused-ring (bicyclic) bond motifs is 1. The summed E-state index contributed by atoms with van der Waals surface area (Å²) in [6, 6.07) is 5.41. The number of benzene rings is 1. The van der Waals surface area contributed by atoms with Crippen molar-refractivity contribution in [2.75, 3.05) is 0 Å². The van der Waals surface area contributed by atoms with Gasteiger partial charge in [-0.1, -0.05) is 35.3 Å². The molecule has 0 fully saturated rings. The Morgan fingerprint density at radius 3 is 2.95 bits per heavy atom. The van der Waals surface area contributed by atoms with Crippen LogP contribution in [0.4, 0.5) is 0 Å². The van der Waals surface area contributed by atoms with Gasteiger partial charge in [0.2, 0.25) is 0 Å². The molecule has 7 heteroatoms. The van der Waals surface area contributed by atoms with Gasteiger partial charge in [-0.2, -0.15) is 0 Å². The Hall–Kier alpha value is -1.56. The average molecular weight is 341 g/mol. The number of nitrogens with zero attached hydrogens (tertiary/aromatic N) is 2. The van der Waals surface area contributed by atoms with Crippen LogP contribution in [-0.2, 0) is 11.2 Å². The number of hydrogen-bond acceptors (Lipinski definition) is 3. The molecule has 3 aromatic rings. The Kier molecular flexibility index (Phi) is 3.89. The predicted octanol–water partition coefficient (Wildman–Crippen LogP) is 4.39. The molecule has 2 aromatic heterocycles. The quantitative estimate of drug-likeness (QED) is 0.766. The first-order valence-electron chi connectivity index (χ1n) is 6.18. The van der Waals surface area contributed by atoms with Crippen LogP contribution in [0.3, 0.4) is 0 Å². The minimum atomic E-state index is -0.812. The molecule has 2 heterocycles. The fraction of sp³-hybridized carbons (Fsp3) is 0.143. The van der Waals surface area contributed by atoms with E-state index in [9.17, 15) is 4.79 Å². The highest BCUT2D eigenvalue weighted by molar-refractivity contribution is 7.15. The van der Waals surface area contributed by atoms with Crippen molar-refractivity contribution in [2.45, 2.75) is 12.8 Å². The summed E-state index contributed by atoms with van der Waals surface area (Å²) in [7, 11) is 0. The highest BCUT2D eigenvalue weighted by Gasteiger charge is 2.13. The van der Waals surface area contributed by atoms with Gasteiger partial charge in [0.25, 0.3) is 0 Å². The molecule has 4 nitrogen and oxygen atoms in total. The third-order valence-electron chi connectivity index (χ3n) is 3.11. The minimum Gasteiger partial charge on any atom is -0.481 e. The number of hydrogen-bond donors (Lipinski definition) is 1. The lowest BCUT2D eigenvalue weighted by molar-refractivity contribution is -0.136. The van der Waals surface area contributed by atoms with Crippen molar-refractivity contribution in [3.8, 4) is 11.3 Å². The highest BCUT2D eigenvalue weighted by Crippen LogP contribution is 2.33. The molecule has 1 N–H and O–H groups in total. The van der Waals surface area contributed by atoms with E-state index in [1.54, 1.807) is 6.07 Å². The molecule has 1 aromatic carbocycles. The number of thiazole rings is 1. The fourth-order valence-corrected chi connectivity index (χ4v) is 3.38. The minimum absolute atomic E-state index is 0.0945. The molecule has 0 spiro atoms. The Bertz CT molecular complexity index is 826. The first kappa shape index (κ1) is 14.4. The normalized spacial score (nSPS) is 11.1. The van der Waals surface area contributed by atoms with Gasteiger partial charge < -0.3 is 5.11 Å². The number of imidazole rings is 1. The van der Waals surface area contributed by atoms with Crippen LogP contribution < -0.4 is 0 Å². The smallest absolute Gasteiger partial charge is 0.303 e. The van der Waals surface area contributed by atoms with Crippen LogP contribution in [-0.4, -0.2) is 20.5 Å². The molecule has 0 atom stereocenters. The predicted molar refractivity (Wildman–Crippen MR) is 84.5 cm³/mol. The van der Waals surface area contributed by atoms with Gasteiger partial charge in [0, 0.05) is 22.8 Å². The second-order valence-corrected chi connectivity index (χ2v) is 6.12. The van der Waals surface area contributed by atoms with E-state index in [-0.39, 0.29) is 6.42 Å². The molecule has 0 radical (unpaired) electrons. The van der Waals surface area contributed by atoms with Gasteiger partial charge in [-0.3, -0.25) is 9.20 Å². The van der Waals surface area contributed by atoms with Crippen molar-refractivity contribution < 1.29 is 9.90 Å². The number of aliphatic carboxylic acids is 1. The van der Waals surface area contributed by atoms with E-state index in [1.807, 2.05) is 28.1 Å². The van der Waals surface area contributed by atoms with Gasteiger partial charge in [0.1, 0.15) is 0 Å². The SMILES string of the molecule is O=C(O)CCc1csc2nc(-c3cccc(Cl)c3Cl)cn12. The zero-order valence-electron chi connectivity index (χ0n) is 10.7. The first-order chi connectivity index (χ1) is 10.1. The maximum Gasteiger partial charge on any atom is 0.303 e. The van der Waals surface area contributed by atoms with Gasteiger partial charge in [0.05, 0.1) is 22.2 Å². The van der Waals surface area contributed by atoms with Gasteiger partial charge in [-0.05, 0) is 12.5 Å². The van der Waals surface area contributed by atoms with Crippen LogP contribution in [0.2, 0.25) is 10.0 Å². The van der Waals surface area contributed by atoms with Crippen LogP contribution >= 0.6 is 34.5 Å². The molecule has 21 heavy (non-hydrogen) atoms. The molecule has 0 saturated carbocycles. The number of aromatic nitrogens is 2. The number of aryl methyl sites for hydroxylation is 1. The summed E-state index contributed by atoms with van der Waals surface area (Å²) in [5, 5.41) is 11.7. The average Bonchev–Trinajstić information content (AvgIpc) is 3.00. The Morgan fingerprint density at radius 2 is 2.19 bits per heavy atom. The largest absolute Gasteiger partial charge is 0.481 e. The molecule has 3 rings (SSSR count). The van der Waals surface area contributed by atoms with Crippen molar-refractivity contribution >= 4 is 45.5 Å². The van der Waals surface area contributed by atoms with E-state index < -0.39 is 5.97 Å². The lowest BCUT2D eigenvalue weighted by atomic mass is 10.2. The Morgan fingerprint density at radius 1 is 1.38 bits per heavy atom. The molecule has 108 valence electrons. The maximum absolute atomic E-state index is 10.7. The maximum atomic E-state index is 10.7. The second-order valence-electron chi connectivity index (χ2n) is 4.50. The monoisotopic (exact) mass is 340 g/mol. The molecule has 0 aliphatic rings. The molecule has 0 unspecified atom stereocenters. The van der Waals surface area contributed by atoms with Crippen molar-refractivity contribution in [2.24, 2.45) is 0 Å². The topological polar surface area (TPSA) is 54.6 Å². The molecular formula is C14H10Cl2N2O2S. The van der Waals surface area contributed by atoms with Gasteiger partial charge >= 0.3 is 5.97 Å². The molecule has 0 saturated heterocycles. The highest BCUT2D eigenvalue weighted by atomic mass is 35.5. The van der Waals surface area contributed by atoms with Crippen LogP contribution in [0, 0.1) is 0 Å². The van der Waals surface area contributed by atoms with Crippen LogP contribution in [0.15, 0.2) is 29.8 Å². The van der Waals surface area contributed by atoms with Gasteiger partial charge in [-0.15, -0.1) is 11.3 Å². The summed E-state index contributed by atoms with van der Waals surface area (Å²) in [4.78, 5) is 16.0. The number of carboxylic acids is 1. The van der Waals surface area contributed by atoms with Crippen LogP contribution in [0.1, 0.15) is 12.1 Å². The van der Waals surface area contributed by atoms with E-state index >= 15 is 0 Å². The third kappa shape index (κ3) is 2.77. The number of carbonyl (C=O) groups is 1. The molecule has 0 amide bonds. The molecule has 0 aliphatic heterocycles. The molecule has 0 bridgehead atoms. The Labute approximate surface area is 134 Å². The van der Waals surface area contributed by atoms with E-state index in [1.165, 1.54) is 11.3 Å². The standard InChI is InChI=1S/C14H10Cl2N2O2S/c15-10-3-1-2-9(13(10)16)11-6-18-8(4-5-12(19)20)7-21-14(18)17-11/h1-3,6-7H,4-5H2,(H,19,20). The van der Waals surface area contributed by atoms with E-state index in [4.69, 9.17) is 28.3 Å². The molecular weight excluding hydrogens is 331 g/mol. The van der Waals surface area contributed by atoms with Gasteiger partial charge in [-0.25, -0.2) is 4.98 Å². The van der Waals surface area contributed by atoms with Crippen molar-refractivity contribution in [3.63, 3.8) is 0 Å². The number of rotatable bonds is 4. The number of carboxylic acid groups (broad SMARTS) is 1. The third-order valence-corrected chi connectivity index (χ3v) is 4.81. The van der Waals surface area contributed by atoms with Crippen molar-refractivity contribution in [1.29, 1.82) is 0 Å². The lowest BCUT2D eigenvalue weighted by Crippen LogP contribution is -1.99. The second kappa shape index (κ2) is 5.67. The van der Waals surface area contributed by atoms with Crippen molar-refractivity contribution in [3.05, 3.63) is 45.5 Å². The molecule has 0 aliphatic carbocycles. The van der Waals surface area contributed by atoms with Crippen LogP contribution in [0.5, 0.6) is 0 Å². The van der Waals surface area contributed by atoms with Crippen molar-refractivity contribution in [1.82, 2.24) is 9.38 Å². The summed E-state index contributed by atoms with van der Waals surface area (Å²) in [5.74, 6) is -0.812. The summed E-state index contributed by atoms with van der Waals surface area (Å²) < 4.78 is 1.90. The van der Waals surface area contributed by atoms with E-state index in [2.05, 4.69) is 4.98 Å². The summed E-state index contributed by atoms with van der Waals surface area (Å²) in [6.45, 7) is 0. The zero-order chi connectivity index (χ0) is 15.0. The summed E-state index contributed by atoms with van der Waals surface area (Å²) >= 11 is 13.7. The fourth-order valence-electron chi connectivity index (χ4n) is 2.08. The Balaban J connectivity index is 2.01. The summed E-state index contributed by atoms with van der Waals surface area (Å²) in [5.41, 5.74) is 2.42. The van der Waals surface area contributed by atoms with E-state index in [0.717, 1.165) is 21.9 Å². The van der Waals surface area contributed by atoms with Gasteiger partial charge in [0.15, 0.2) is 4.96 Å². The zero-order valence-corrected chi connectivity index (χ0v) is 13.0.